The van der Waals surface area contributed by atoms with Gasteiger partial charge in [0.1, 0.15) is 17.1 Å². The maximum absolute atomic E-state index is 12.7. The van der Waals surface area contributed by atoms with Gasteiger partial charge in [0, 0.05) is 0 Å². The summed E-state index contributed by atoms with van der Waals surface area (Å²) in [6.45, 7) is 0. The lowest BCUT2D eigenvalue weighted by atomic mass is 10.1. The highest BCUT2D eigenvalue weighted by Crippen LogP contribution is 2.32. The van der Waals surface area contributed by atoms with E-state index in [1.54, 1.807) is 24.3 Å². The van der Waals surface area contributed by atoms with Crippen LogP contribution in [0.1, 0.15) is 10.4 Å². The van der Waals surface area contributed by atoms with Crippen molar-refractivity contribution in [2.75, 3.05) is 26.6 Å². The highest BCUT2D eigenvalue weighted by Gasteiger charge is 2.20. The highest BCUT2D eigenvalue weighted by atomic mass is 32.2. The van der Waals surface area contributed by atoms with Crippen LogP contribution in [0.3, 0.4) is 0 Å². The summed E-state index contributed by atoms with van der Waals surface area (Å²) in [6, 6.07) is 9.60. The number of nitrogens with zero attached hydrogens (tertiary/aromatic N) is 1. The van der Waals surface area contributed by atoms with E-state index in [9.17, 15) is 13.2 Å². The normalized spacial score (nSPS) is 11.4. The first kappa shape index (κ1) is 19.1. The zero-order valence-electron chi connectivity index (χ0n) is 14.8. The number of hydrogen-bond acceptors (Lipinski definition) is 7. The van der Waals surface area contributed by atoms with Gasteiger partial charge in [-0.2, -0.15) is 0 Å². The lowest BCUT2D eigenvalue weighted by Crippen LogP contribution is -2.18. The lowest BCUT2D eigenvalue weighted by molar-refractivity contribution is 0.102. The van der Waals surface area contributed by atoms with Crippen LogP contribution >= 0.6 is 11.3 Å². The number of carbonyl (C=O) groups is 1. The number of carbonyl (C=O) groups excluding carboxylic acids is 1. The largest absolute Gasteiger partial charge is 0.496 e. The molecule has 8 nitrogen and oxygen atoms in total. The summed E-state index contributed by atoms with van der Waals surface area (Å²) < 4.78 is 37.2. The van der Waals surface area contributed by atoms with E-state index in [0.29, 0.717) is 26.8 Å². The number of hydrogen-bond donors (Lipinski definition) is 2. The number of amides is 1. The minimum absolute atomic E-state index is 0.130. The van der Waals surface area contributed by atoms with Crippen molar-refractivity contribution < 1.29 is 22.7 Å². The van der Waals surface area contributed by atoms with Crippen LogP contribution in [-0.4, -0.2) is 40.6 Å². The molecule has 0 bridgehead atoms. The number of ether oxygens (including phenoxy) is 2. The van der Waals surface area contributed by atoms with Crippen LogP contribution in [-0.2, 0) is 10.0 Å². The molecule has 1 heterocycles. The third-order valence-electron chi connectivity index (χ3n) is 3.81. The van der Waals surface area contributed by atoms with Gasteiger partial charge < -0.3 is 9.47 Å². The lowest BCUT2D eigenvalue weighted by Gasteiger charge is -2.11. The monoisotopic (exact) mass is 407 g/mol. The second-order valence-electron chi connectivity index (χ2n) is 5.35. The third kappa shape index (κ3) is 3.72. The number of rotatable bonds is 6. The average Bonchev–Trinajstić information content (AvgIpc) is 3.08. The van der Waals surface area contributed by atoms with Crippen LogP contribution in [0.2, 0.25) is 0 Å². The molecule has 0 unspecified atom stereocenters. The van der Waals surface area contributed by atoms with Crippen molar-refractivity contribution in [2.24, 2.45) is 0 Å². The number of anilines is 1. The molecule has 0 radical (unpaired) electrons. The minimum atomic E-state index is -3.56. The Morgan fingerprint density at radius 3 is 2.37 bits per heavy atom. The van der Waals surface area contributed by atoms with Crippen molar-refractivity contribution >= 4 is 42.6 Å². The number of thiazole rings is 1. The molecule has 10 heteroatoms. The van der Waals surface area contributed by atoms with Crippen LogP contribution in [0.4, 0.5) is 5.13 Å². The number of methoxy groups -OCH3 is 2. The van der Waals surface area contributed by atoms with Gasteiger partial charge in [-0.1, -0.05) is 17.4 Å². The Labute approximate surface area is 160 Å². The SMILES string of the molecule is CNS(=O)(=O)c1ccc2nc(NC(=O)c3c(OC)cccc3OC)sc2c1. The van der Waals surface area contributed by atoms with Crippen molar-refractivity contribution in [2.45, 2.75) is 4.90 Å². The smallest absolute Gasteiger partial charge is 0.265 e. The van der Waals surface area contributed by atoms with E-state index in [1.165, 1.54) is 44.7 Å². The van der Waals surface area contributed by atoms with Gasteiger partial charge in [-0.05, 0) is 37.4 Å². The van der Waals surface area contributed by atoms with Gasteiger partial charge in [-0.3, -0.25) is 10.1 Å². The zero-order chi connectivity index (χ0) is 19.6. The molecule has 0 aliphatic carbocycles. The van der Waals surface area contributed by atoms with E-state index in [-0.39, 0.29) is 10.5 Å². The Kier molecular flexibility index (Phi) is 5.31. The van der Waals surface area contributed by atoms with Crippen molar-refractivity contribution in [3.8, 4) is 11.5 Å². The summed E-state index contributed by atoms with van der Waals surface area (Å²) in [5, 5.41) is 3.05. The molecule has 27 heavy (non-hydrogen) atoms. The molecule has 0 fully saturated rings. The molecule has 0 aliphatic heterocycles. The molecular weight excluding hydrogens is 390 g/mol. The van der Waals surface area contributed by atoms with Crippen molar-refractivity contribution in [1.29, 1.82) is 0 Å². The van der Waals surface area contributed by atoms with Crippen LogP contribution in [0.25, 0.3) is 10.2 Å². The van der Waals surface area contributed by atoms with Crippen LogP contribution in [0.15, 0.2) is 41.3 Å². The molecule has 1 amide bonds. The van der Waals surface area contributed by atoms with Crippen molar-refractivity contribution in [1.82, 2.24) is 9.71 Å². The van der Waals surface area contributed by atoms with E-state index in [0.717, 1.165) is 0 Å². The maximum Gasteiger partial charge on any atom is 0.265 e. The molecule has 0 atom stereocenters. The Bertz CT molecular complexity index is 1090. The van der Waals surface area contributed by atoms with Gasteiger partial charge >= 0.3 is 0 Å². The van der Waals surface area contributed by atoms with E-state index < -0.39 is 15.9 Å². The summed E-state index contributed by atoms with van der Waals surface area (Å²) in [5.41, 5.74) is 0.831. The summed E-state index contributed by atoms with van der Waals surface area (Å²) in [4.78, 5) is 17.2. The molecular formula is C17H17N3O5S2. The second kappa shape index (κ2) is 7.51. The Morgan fingerprint density at radius 1 is 1.11 bits per heavy atom. The van der Waals surface area contributed by atoms with Gasteiger partial charge in [0.2, 0.25) is 10.0 Å². The standard InChI is InChI=1S/C17H17N3O5S2/c1-18-27(22,23)10-7-8-11-14(9-10)26-17(19-11)20-16(21)15-12(24-2)5-4-6-13(15)25-3/h4-9,18H,1-3H3,(H,19,20,21). The van der Waals surface area contributed by atoms with Gasteiger partial charge in [0.15, 0.2) is 5.13 Å². The number of nitrogens with one attached hydrogen (secondary N) is 2. The second-order valence-corrected chi connectivity index (χ2v) is 8.26. The fraction of sp³-hybridized carbons (Fsp3) is 0.176. The first-order valence-corrected chi connectivity index (χ1v) is 10.1. The first-order valence-electron chi connectivity index (χ1n) is 7.76. The summed E-state index contributed by atoms with van der Waals surface area (Å²) >= 11 is 1.17. The van der Waals surface area contributed by atoms with Crippen LogP contribution < -0.4 is 19.5 Å². The summed E-state index contributed by atoms with van der Waals surface area (Å²) in [6.07, 6.45) is 0. The Morgan fingerprint density at radius 2 is 1.78 bits per heavy atom. The Hall–Kier alpha value is -2.69. The fourth-order valence-corrected chi connectivity index (χ4v) is 4.21. The molecule has 3 rings (SSSR count). The zero-order valence-corrected chi connectivity index (χ0v) is 16.4. The van der Waals surface area contributed by atoms with E-state index in [2.05, 4.69) is 15.0 Å². The predicted molar refractivity (Wildman–Crippen MR) is 103 cm³/mol. The molecule has 2 N–H and O–H groups in total. The summed E-state index contributed by atoms with van der Waals surface area (Å²) in [7, 11) is 0.720. The maximum atomic E-state index is 12.7. The van der Waals surface area contributed by atoms with Gasteiger partial charge in [0.05, 0.1) is 29.3 Å². The molecule has 0 saturated heterocycles. The molecule has 0 saturated carbocycles. The number of sulfonamides is 1. The van der Waals surface area contributed by atoms with E-state index in [4.69, 9.17) is 9.47 Å². The number of aromatic nitrogens is 1. The molecule has 1 aromatic heterocycles. The molecule has 0 spiro atoms. The van der Waals surface area contributed by atoms with Gasteiger partial charge in [0.25, 0.3) is 5.91 Å². The predicted octanol–water partition coefficient (Wildman–Crippen LogP) is 2.47. The van der Waals surface area contributed by atoms with E-state index in [1.807, 2.05) is 0 Å². The molecule has 2 aromatic carbocycles. The fourth-order valence-electron chi connectivity index (χ4n) is 2.48. The Balaban J connectivity index is 1.95. The number of fused-ring (bicyclic) bond motifs is 1. The van der Waals surface area contributed by atoms with Gasteiger partial charge in [-0.25, -0.2) is 18.1 Å². The average molecular weight is 407 g/mol. The first-order chi connectivity index (χ1) is 12.9. The molecule has 3 aromatic rings. The quantitative estimate of drug-likeness (QED) is 0.650. The topological polar surface area (TPSA) is 107 Å². The highest BCUT2D eigenvalue weighted by molar-refractivity contribution is 7.89. The van der Waals surface area contributed by atoms with Crippen LogP contribution in [0.5, 0.6) is 11.5 Å². The molecule has 0 aliphatic rings. The van der Waals surface area contributed by atoms with Crippen molar-refractivity contribution in [3.05, 3.63) is 42.0 Å². The summed E-state index contributed by atoms with van der Waals surface area (Å²) in [5.74, 6) is 0.303. The van der Waals surface area contributed by atoms with Gasteiger partial charge in [-0.15, -0.1) is 0 Å². The minimum Gasteiger partial charge on any atom is -0.496 e. The van der Waals surface area contributed by atoms with E-state index >= 15 is 0 Å². The molecule has 142 valence electrons. The number of benzene rings is 2. The van der Waals surface area contributed by atoms with Crippen LogP contribution in [0, 0.1) is 0 Å². The third-order valence-corrected chi connectivity index (χ3v) is 6.16. The van der Waals surface area contributed by atoms with Crippen molar-refractivity contribution in [3.63, 3.8) is 0 Å².